The lowest BCUT2D eigenvalue weighted by molar-refractivity contribution is 0.0951. The zero-order valence-corrected chi connectivity index (χ0v) is 12.8. The standard InChI is InChI=1S/C17H18FN3O2/c1-12-6-7-14(11-21-12)17(23)20-9-3-8-19-16(22)13-4-2-5-15(18)10-13/h2,4-7,10-11H,3,8-9H2,1H3,(H,19,22)(H,20,23). The highest BCUT2D eigenvalue weighted by atomic mass is 19.1. The zero-order valence-electron chi connectivity index (χ0n) is 12.8. The highest BCUT2D eigenvalue weighted by Crippen LogP contribution is 2.03. The van der Waals surface area contributed by atoms with Crippen LogP contribution in [-0.4, -0.2) is 29.9 Å². The van der Waals surface area contributed by atoms with Crippen LogP contribution in [-0.2, 0) is 0 Å². The molecule has 1 aromatic heterocycles. The fraction of sp³-hybridized carbons (Fsp3) is 0.235. The van der Waals surface area contributed by atoms with Gasteiger partial charge >= 0.3 is 0 Å². The smallest absolute Gasteiger partial charge is 0.252 e. The van der Waals surface area contributed by atoms with Crippen molar-refractivity contribution in [1.82, 2.24) is 15.6 Å². The minimum atomic E-state index is -0.448. The van der Waals surface area contributed by atoms with E-state index < -0.39 is 5.82 Å². The van der Waals surface area contributed by atoms with Crippen LogP contribution in [0.3, 0.4) is 0 Å². The number of aryl methyl sites for hydroxylation is 1. The summed E-state index contributed by atoms with van der Waals surface area (Å²) in [5, 5.41) is 5.43. The van der Waals surface area contributed by atoms with E-state index in [1.54, 1.807) is 18.2 Å². The van der Waals surface area contributed by atoms with Crippen LogP contribution in [0.15, 0.2) is 42.6 Å². The van der Waals surface area contributed by atoms with Gasteiger partial charge in [0.2, 0.25) is 0 Å². The Morgan fingerprint density at radius 1 is 1.04 bits per heavy atom. The third-order valence-electron chi connectivity index (χ3n) is 3.19. The number of nitrogens with zero attached hydrogens (tertiary/aromatic N) is 1. The van der Waals surface area contributed by atoms with Crippen LogP contribution < -0.4 is 10.6 Å². The van der Waals surface area contributed by atoms with Crippen LogP contribution in [0.1, 0.15) is 32.8 Å². The van der Waals surface area contributed by atoms with E-state index in [1.165, 1.54) is 24.4 Å². The summed E-state index contributed by atoms with van der Waals surface area (Å²) in [6.07, 6.45) is 2.10. The van der Waals surface area contributed by atoms with Gasteiger partial charge in [-0.15, -0.1) is 0 Å². The van der Waals surface area contributed by atoms with Crippen molar-refractivity contribution >= 4 is 11.8 Å². The number of nitrogens with one attached hydrogen (secondary N) is 2. The van der Waals surface area contributed by atoms with Gasteiger partial charge in [-0.1, -0.05) is 6.07 Å². The largest absolute Gasteiger partial charge is 0.352 e. The minimum Gasteiger partial charge on any atom is -0.352 e. The summed E-state index contributed by atoms with van der Waals surface area (Å²) in [5.74, 6) is -0.982. The molecule has 2 rings (SSSR count). The van der Waals surface area contributed by atoms with Crippen molar-refractivity contribution in [2.75, 3.05) is 13.1 Å². The molecule has 0 radical (unpaired) electrons. The van der Waals surface area contributed by atoms with E-state index >= 15 is 0 Å². The van der Waals surface area contributed by atoms with Crippen LogP contribution >= 0.6 is 0 Å². The predicted octanol–water partition coefficient (Wildman–Crippen LogP) is 2.08. The lowest BCUT2D eigenvalue weighted by atomic mass is 10.2. The number of halogens is 1. The molecule has 0 bridgehead atoms. The first-order valence-corrected chi connectivity index (χ1v) is 7.31. The molecule has 2 aromatic rings. The van der Waals surface area contributed by atoms with Crippen molar-refractivity contribution in [1.29, 1.82) is 0 Å². The molecule has 23 heavy (non-hydrogen) atoms. The second-order valence-corrected chi connectivity index (χ2v) is 5.06. The summed E-state index contributed by atoms with van der Waals surface area (Å²) >= 11 is 0. The molecule has 0 fully saturated rings. The Hall–Kier alpha value is -2.76. The van der Waals surface area contributed by atoms with Crippen LogP contribution in [0, 0.1) is 12.7 Å². The van der Waals surface area contributed by atoms with Gasteiger partial charge in [0.1, 0.15) is 5.82 Å². The van der Waals surface area contributed by atoms with Gasteiger partial charge in [-0.3, -0.25) is 14.6 Å². The Kier molecular flexibility index (Phi) is 5.80. The number of hydrogen-bond donors (Lipinski definition) is 2. The fourth-order valence-electron chi connectivity index (χ4n) is 1.93. The van der Waals surface area contributed by atoms with Gasteiger partial charge in [-0.05, 0) is 43.7 Å². The van der Waals surface area contributed by atoms with E-state index in [4.69, 9.17) is 0 Å². The molecular weight excluding hydrogens is 297 g/mol. The quantitative estimate of drug-likeness (QED) is 0.802. The molecule has 6 heteroatoms. The molecule has 1 aromatic carbocycles. The topological polar surface area (TPSA) is 71.1 Å². The van der Waals surface area contributed by atoms with Gasteiger partial charge in [0.05, 0.1) is 5.56 Å². The third kappa shape index (κ3) is 5.18. The molecule has 0 aliphatic rings. The summed E-state index contributed by atoms with van der Waals surface area (Å²) in [6, 6.07) is 8.98. The maximum absolute atomic E-state index is 13.0. The molecule has 120 valence electrons. The normalized spacial score (nSPS) is 10.2. The molecule has 2 amide bonds. The second kappa shape index (κ2) is 8.03. The number of carbonyl (C=O) groups excluding carboxylic acids is 2. The number of benzene rings is 1. The van der Waals surface area contributed by atoms with Crippen molar-refractivity contribution in [2.24, 2.45) is 0 Å². The molecule has 5 nitrogen and oxygen atoms in total. The number of carbonyl (C=O) groups is 2. The van der Waals surface area contributed by atoms with Crippen molar-refractivity contribution in [2.45, 2.75) is 13.3 Å². The van der Waals surface area contributed by atoms with Gasteiger partial charge in [0, 0.05) is 30.5 Å². The van der Waals surface area contributed by atoms with E-state index in [0.717, 1.165) is 5.69 Å². The van der Waals surface area contributed by atoms with Crippen LogP contribution in [0.4, 0.5) is 4.39 Å². The van der Waals surface area contributed by atoms with Crippen molar-refractivity contribution in [3.63, 3.8) is 0 Å². The number of pyridine rings is 1. The Morgan fingerprint density at radius 2 is 1.74 bits per heavy atom. The summed E-state index contributed by atoms with van der Waals surface area (Å²) < 4.78 is 13.0. The summed E-state index contributed by atoms with van der Waals surface area (Å²) in [6.45, 7) is 2.67. The Morgan fingerprint density at radius 3 is 2.35 bits per heavy atom. The van der Waals surface area contributed by atoms with Crippen molar-refractivity contribution < 1.29 is 14.0 Å². The van der Waals surface area contributed by atoms with Gasteiger partial charge < -0.3 is 10.6 Å². The van der Waals surface area contributed by atoms with E-state index in [0.29, 0.717) is 25.1 Å². The Labute approximate surface area is 133 Å². The van der Waals surface area contributed by atoms with E-state index in [-0.39, 0.29) is 17.4 Å². The van der Waals surface area contributed by atoms with Crippen LogP contribution in [0.2, 0.25) is 0 Å². The average molecular weight is 315 g/mol. The highest BCUT2D eigenvalue weighted by Gasteiger charge is 2.07. The molecule has 0 saturated heterocycles. The van der Waals surface area contributed by atoms with Crippen molar-refractivity contribution in [3.8, 4) is 0 Å². The summed E-state index contributed by atoms with van der Waals surface area (Å²) in [7, 11) is 0. The van der Waals surface area contributed by atoms with Crippen molar-refractivity contribution in [3.05, 3.63) is 65.2 Å². The molecule has 0 aliphatic heterocycles. The Balaban J connectivity index is 1.68. The fourth-order valence-corrected chi connectivity index (χ4v) is 1.93. The van der Waals surface area contributed by atoms with E-state index in [2.05, 4.69) is 15.6 Å². The van der Waals surface area contributed by atoms with Gasteiger partial charge in [-0.25, -0.2) is 4.39 Å². The highest BCUT2D eigenvalue weighted by molar-refractivity contribution is 5.94. The molecular formula is C17H18FN3O2. The number of hydrogen-bond acceptors (Lipinski definition) is 3. The molecule has 0 spiro atoms. The molecule has 1 heterocycles. The first-order valence-electron chi connectivity index (χ1n) is 7.31. The first-order chi connectivity index (χ1) is 11.1. The number of amides is 2. The van der Waals surface area contributed by atoms with Crippen LogP contribution in [0.25, 0.3) is 0 Å². The van der Waals surface area contributed by atoms with Gasteiger partial charge in [0.15, 0.2) is 0 Å². The molecule has 0 atom stereocenters. The maximum Gasteiger partial charge on any atom is 0.252 e. The summed E-state index contributed by atoms with van der Waals surface area (Å²) in [5.41, 5.74) is 1.63. The van der Waals surface area contributed by atoms with Crippen LogP contribution in [0.5, 0.6) is 0 Å². The predicted molar refractivity (Wildman–Crippen MR) is 84.7 cm³/mol. The lowest BCUT2D eigenvalue weighted by Crippen LogP contribution is -2.30. The summed E-state index contributed by atoms with van der Waals surface area (Å²) in [4.78, 5) is 27.7. The van der Waals surface area contributed by atoms with Gasteiger partial charge in [-0.2, -0.15) is 0 Å². The first kappa shape index (κ1) is 16.6. The number of rotatable bonds is 6. The molecule has 0 unspecified atom stereocenters. The molecule has 0 saturated carbocycles. The minimum absolute atomic E-state index is 0.200. The zero-order chi connectivity index (χ0) is 16.7. The van der Waals surface area contributed by atoms with E-state index in [1.807, 2.05) is 6.92 Å². The molecule has 0 aliphatic carbocycles. The maximum atomic E-state index is 13.0. The average Bonchev–Trinajstić information content (AvgIpc) is 2.54. The SMILES string of the molecule is Cc1ccc(C(=O)NCCCNC(=O)c2cccc(F)c2)cn1. The van der Waals surface area contributed by atoms with Gasteiger partial charge in [0.25, 0.3) is 11.8 Å². The number of aromatic nitrogens is 1. The molecule has 2 N–H and O–H groups in total. The second-order valence-electron chi connectivity index (χ2n) is 5.06. The monoisotopic (exact) mass is 315 g/mol. The lowest BCUT2D eigenvalue weighted by Gasteiger charge is -2.07. The Bertz CT molecular complexity index is 686. The third-order valence-corrected chi connectivity index (χ3v) is 3.19. The van der Waals surface area contributed by atoms with E-state index in [9.17, 15) is 14.0 Å².